The molecule has 4 heteroatoms. The lowest BCUT2D eigenvalue weighted by molar-refractivity contribution is -0.155. The standard InChI is InChI=1S/C16H31NO3/c1-15(2,3)17-13(11-19-16(4,5)6)14(18)20-12-9-7-8-10-12/h12-13,17H,7-11H2,1-6H3/t13-/m0/s1. The molecule has 1 aliphatic carbocycles. The second-order valence-corrected chi connectivity index (χ2v) is 7.71. The van der Waals surface area contributed by atoms with E-state index < -0.39 is 6.04 Å². The van der Waals surface area contributed by atoms with Gasteiger partial charge in [0.05, 0.1) is 12.2 Å². The molecule has 0 aliphatic heterocycles. The molecule has 1 N–H and O–H groups in total. The molecule has 0 aromatic heterocycles. The highest BCUT2D eigenvalue weighted by atomic mass is 16.6. The van der Waals surface area contributed by atoms with Crippen molar-refractivity contribution in [1.82, 2.24) is 5.32 Å². The first kappa shape index (κ1) is 17.4. The van der Waals surface area contributed by atoms with Gasteiger partial charge < -0.3 is 9.47 Å². The number of hydrogen-bond donors (Lipinski definition) is 1. The predicted octanol–water partition coefficient (Wildman–Crippen LogP) is 3.04. The average Bonchev–Trinajstić information content (AvgIpc) is 2.74. The van der Waals surface area contributed by atoms with Gasteiger partial charge in [0.15, 0.2) is 0 Å². The number of ether oxygens (including phenoxy) is 2. The normalized spacial score (nSPS) is 19.1. The van der Waals surface area contributed by atoms with E-state index in [-0.39, 0.29) is 23.2 Å². The molecule has 1 aliphatic rings. The molecule has 0 unspecified atom stereocenters. The van der Waals surface area contributed by atoms with Gasteiger partial charge in [-0.25, -0.2) is 0 Å². The Balaban J connectivity index is 2.57. The van der Waals surface area contributed by atoms with E-state index in [1.807, 2.05) is 41.5 Å². The van der Waals surface area contributed by atoms with E-state index in [4.69, 9.17) is 9.47 Å². The zero-order chi connectivity index (χ0) is 15.4. The number of esters is 1. The second-order valence-electron chi connectivity index (χ2n) is 7.71. The van der Waals surface area contributed by atoms with Crippen molar-refractivity contribution >= 4 is 5.97 Å². The maximum absolute atomic E-state index is 12.3. The lowest BCUT2D eigenvalue weighted by atomic mass is 10.1. The SMILES string of the molecule is CC(C)(C)N[C@@H](COC(C)(C)C)C(=O)OC1CCCC1. The van der Waals surface area contributed by atoms with Crippen molar-refractivity contribution in [2.24, 2.45) is 0 Å². The fourth-order valence-electron chi connectivity index (χ4n) is 2.28. The Bertz CT molecular complexity index is 309. The third kappa shape index (κ3) is 7.25. The molecule has 118 valence electrons. The van der Waals surface area contributed by atoms with Crippen molar-refractivity contribution < 1.29 is 14.3 Å². The summed E-state index contributed by atoms with van der Waals surface area (Å²) < 4.78 is 11.4. The van der Waals surface area contributed by atoms with Gasteiger partial charge in [0.25, 0.3) is 0 Å². The Morgan fingerprint density at radius 2 is 1.70 bits per heavy atom. The summed E-state index contributed by atoms with van der Waals surface area (Å²) in [7, 11) is 0. The quantitative estimate of drug-likeness (QED) is 0.789. The summed E-state index contributed by atoms with van der Waals surface area (Å²) in [5, 5.41) is 3.30. The lowest BCUT2D eigenvalue weighted by Crippen LogP contribution is -2.52. The van der Waals surface area contributed by atoms with Crippen molar-refractivity contribution in [2.45, 2.75) is 90.5 Å². The second kappa shape index (κ2) is 6.90. The molecule has 1 rings (SSSR count). The molecule has 1 atom stereocenters. The molecule has 0 bridgehead atoms. The smallest absolute Gasteiger partial charge is 0.325 e. The van der Waals surface area contributed by atoms with E-state index >= 15 is 0 Å². The summed E-state index contributed by atoms with van der Waals surface area (Å²) in [5.41, 5.74) is -0.411. The van der Waals surface area contributed by atoms with Crippen molar-refractivity contribution in [2.75, 3.05) is 6.61 Å². The molecular formula is C16H31NO3. The molecule has 1 saturated carbocycles. The van der Waals surface area contributed by atoms with Gasteiger partial charge >= 0.3 is 5.97 Å². The molecule has 0 radical (unpaired) electrons. The number of nitrogens with one attached hydrogen (secondary N) is 1. The van der Waals surface area contributed by atoms with E-state index in [1.165, 1.54) is 0 Å². The number of rotatable bonds is 5. The minimum Gasteiger partial charge on any atom is -0.461 e. The Kier molecular flexibility index (Phi) is 6.02. The van der Waals surface area contributed by atoms with E-state index in [0.717, 1.165) is 25.7 Å². The van der Waals surface area contributed by atoms with Crippen LogP contribution in [0.3, 0.4) is 0 Å². The Morgan fingerprint density at radius 3 is 2.15 bits per heavy atom. The van der Waals surface area contributed by atoms with Crippen LogP contribution in [0.25, 0.3) is 0 Å². The van der Waals surface area contributed by atoms with Gasteiger partial charge in [-0.3, -0.25) is 10.1 Å². The monoisotopic (exact) mass is 285 g/mol. The van der Waals surface area contributed by atoms with Crippen LogP contribution in [0.1, 0.15) is 67.2 Å². The number of carbonyl (C=O) groups excluding carboxylic acids is 1. The largest absolute Gasteiger partial charge is 0.461 e. The lowest BCUT2D eigenvalue weighted by Gasteiger charge is -2.30. The molecule has 0 spiro atoms. The van der Waals surface area contributed by atoms with Gasteiger partial charge in [0.1, 0.15) is 12.1 Å². The van der Waals surface area contributed by atoms with Crippen LogP contribution in [0, 0.1) is 0 Å². The van der Waals surface area contributed by atoms with Gasteiger partial charge in [-0.15, -0.1) is 0 Å². The van der Waals surface area contributed by atoms with Gasteiger partial charge in [0, 0.05) is 5.54 Å². The predicted molar refractivity (Wildman–Crippen MR) is 80.7 cm³/mol. The van der Waals surface area contributed by atoms with Crippen LogP contribution in [0.15, 0.2) is 0 Å². The molecule has 0 aromatic rings. The molecule has 0 aromatic carbocycles. The van der Waals surface area contributed by atoms with Crippen LogP contribution >= 0.6 is 0 Å². The van der Waals surface area contributed by atoms with Crippen molar-refractivity contribution in [3.05, 3.63) is 0 Å². The van der Waals surface area contributed by atoms with Crippen molar-refractivity contribution in [1.29, 1.82) is 0 Å². The maximum Gasteiger partial charge on any atom is 0.325 e. The fraction of sp³-hybridized carbons (Fsp3) is 0.938. The van der Waals surface area contributed by atoms with Gasteiger partial charge in [-0.05, 0) is 67.2 Å². The van der Waals surface area contributed by atoms with Crippen LogP contribution in [-0.2, 0) is 14.3 Å². The molecular weight excluding hydrogens is 254 g/mol. The van der Waals surface area contributed by atoms with Gasteiger partial charge in [0.2, 0.25) is 0 Å². The first-order valence-electron chi connectivity index (χ1n) is 7.69. The molecule has 4 nitrogen and oxygen atoms in total. The minimum absolute atomic E-state index is 0.0985. The molecule has 1 fully saturated rings. The first-order chi connectivity index (χ1) is 9.07. The van der Waals surface area contributed by atoms with E-state index in [0.29, 0.717) is 6.61 Å². The molecule has 0 amide bonds. The zero-order valence-corrected chi connectivity index (χ0v) is 13.9. The first-order valence-corrected chi connectivity index (χ1v) is 7.69. The fourth-order valence-corrected chi connectivity index (χ4v) is 2.28. The van der Waals surface area contributed by atoms with Crippen molar-refractivity contribution in [3.8, 4) is 0 Å². The van der Waals surface area contributed by atoms with E-state index in [1.54, 1.807) is 0 Å². The summed E-state index contributed by atoms with van der Waals surface area (Å²) in [6, 6.07) is -0.408. The average molecular weight is 285 g/mol. The van der Waals surface area contributed by atoms with Crippen molar-refractivity contribution in [3.63, 3.8) is 0 Å². The van der Waals surface area contributed by atoms with E-state index in [2.05, 4.69) is 5.32 Å². The van der Waals surface area contributed by atoms with Crippen LogP contribution in [0.2, 0.25) is 0 Å². The Labute approximate surface area is 123 Å². The summed E-state index contributed by atoms with van der Waals surface area (Å²) in [4.78, 5) is 12.3. The third-order valence-corrected chi connectivity index (χ3v) is 3.16. The maximum atomic E-state index is 12.3. The number of carbonyl (C=O) groups is 1. The number of hydrogen-bond acceptors (Lipinski definition) is 4. The highest BCUT2D eigenvalue weighted by Gasteiger charge is 2.29. The van der Waals surface area contributed by atoms with Crippen LogP contribution in [-0.4, -0.2) is 35.9 Å². The van der Waals surface area contributed by atoms with Crippen LogP contribution in [0.4, 0.5) is 0 Å². The third-order valence-electron chi connectivity index (χ3n) is 3.16. The summed E-state index contributed by atoms with van der Waals surface area (Å²) >= 11 is 0. The topological polar surface area (TPSA) is 47.6 Å². The summed E-state index contributed by atoms with van der Waals surface area (Å²) in [5.74, 6) is -0.184. The summed E-state index contributed by atoms with van der Waals surface area (Å²) in [6.45, 7) is 12.4. The van der Waals surface area contributed by atoms with Crippen LogP contribution in [0.5, 0.6) is 0 Å². The van der Waals surface area contributed by atoms with Gasteiger partial charge in [-0.2, -0.15) is 0 Å². The highest BCUT2D eigenvalue weighted by Crippen LogP contribution is 2.21. The Morgan fingerprint density at radius 1 is 1.15 bits per heavy atom. The Hall–Kier alpha value is -0.610. The molecule has 0 heterocycles. The highest BCUT2D eigenvalue weighted by molar-refractivity contribution is 5.76. The van der Waals surface area contributed by atoms with E-state index in [9.17, 15) is 4.79 Å². The van der Waals surface area contributed by atoms with Crippen LogP contribution < -0.4 is 5.32 Å². The summed E-state index contributed by atoms with van der Waals surface area (Å²) in [6.07, 6.45) is 4.41. The minimum atomic E-state index is -0.408. The van der Waals surface area contributed by atoms with Gasteiger partial charge in [-0.1, -0.05) is 0 Å². The molecule has 20 heavy (non-hydrogen) atoms. The molecule has 0 saturated heterocycles. The zero-order valence-electron chi connectivity index (χ0n) is 13.9.